The Morgan fingerprint density at radius 1 is 1.42 bits per heavy atom. The van der Waals surface area contributed by atoms with Crippen LogP contribution in [0.1, 0.15) is 12.5 Å². The van der Waals surface area contributed by atoms with Gasteiger partial charge in [-0.2, -0.15) is 0 Å². The van der Waals surface area contributed by atoms with Crippen LogP contribution >= 0.6 is 11.3 Å². The van der Waals surface area contributed by atoms with Crippen LogP contribution in [-0.2, 0) is 11.3 Å². The molecule has 4 heteroatoms. The number of hydrogen-bond donors (Lipinski definition) is 1. The van der Waals surface area contributed by atoms with Gasteiger partial charge in [-0.3, -0.25) is 4.90 Å². The van der Waals surface area contributed by atoms with Crippen molar-refractivity contribution in [3.05, 3.63) is 35.2 Å². The van der Waals surface area contributed by atoms with Crippen LogP contribution in [0.3, 0.4) is 0 Å². The minimum absolute atomic E-state index is 0.0406. The summed E-state index contributed by atoms with van der Waals surface area (Å²) in [6.07, 6.45) is -0.0406. The van der Waals surface area contributed by atoms with Crippen LogP contribution in [0.5, 0.6) is 0 Å². The van der Waals surface area contributed by atoms with Crippen molar-refractivity contribution in [1.82, 2.24) is 4.90 Å². The molecule has 0 spiro atoms. The van der Waals surface area contributed by atoms with Crippen LogP contribution in [0, 0.1) is 0 Å². The summed E-state index contributed by atoms with van der Waals surface area (Å²) in [6.45, 7) is 4.73. The minimum atomic E-state index is -0.0406. The maximum atomic E-state index is 9.24. The van der Waals surface area contributed by atoms with Gasteiger partial charge >= 0.3 is 0 Å². The van der Waals surface area contributed by atoms with Crippen molar-refractivity contribution < 1.29 is 9.84 Å². The lowest BCUT2D eigenvalue weighted by molar-refractivity contribution is -0.0804. The summed E-state index contributed by atoms with van der Waals surface area (Å²) >= 11 is 1.80. The first-order chi connectivity index (χ1) is 9.28. The maximum absolute atomic E-state index is 9.24. The molecule has 2 unspecified atom stereocenters. The largest absolute Gasteiger partial charge is 0.394 e. The van der Waals surface area contributed by atoms with Gasteiger partial charge in [0.25, 0.3) is 0 Å². The number of morpholine rings is 1. The Labute approximate surface area is 117 Å². The molecule has 2 aromatic rings. The lowest BCUT2D eigenvalue weighted by Crippen LogP contribution is -2.48. The van der Waals surface area contributed by atoms with E-state index in [0.717, 1.165) is 13.1 Å². The van der Waals surface area contributed by atoms with Crippen LogP contribution in [-0.4, -0.2) is 41.9 Å². The number of fused-ring (bicyclic) bond motifs is 1. The molecular weight excluding hydrogens is 258 g/mol. The number of ether oxygens (including phenoxy) is 1. The molecular formula is C15H19NO2S. The standard InChI is InChI=1S/C15H19NO2S/c1-11-9-18-13(8-17)7-16(11)6-12-10-19-15-5-3-2-4-14(12)15/h2-5,10-11,13,17H,6-9H2,1H3. The van der Waals surface area contributed by atoms with E-state index in [1.54, 1.807) is 11.3 Å². The molecule has 1 aliphatic heterocycles. The highest BCUT2D eigenvalue weighted by Gasteiger charge is 2.26. The van der Waals surface area contributed by atoms with Gasteiger partial charge in [0.15, 0.2) is 0 Å². The van der Waals surface area contributed by atoms with E-state index in [2.05, 4.69) is 41.5 Å². The second-order valence-electron chi connectivity index (χ2n) is 5.17. The van der Waals surface area contributed by atoms with Crippen molar-refractivity contribution in [3.63, 3.8) is 0 Å². The Morgan fingerprint density at radius 3 is 3.11 bits per heavy atom. The second kappa shape index (κ2) is 5.59. The molecule has 1 saturated heterocycles. The van der Waals surface area contributed by atoms with Crippen molar-refractivity contribution in [1.29, 1.82) is 0 Å². The molecule has 0 bridgehead atoms. The van der Waals surface area contributed by atoms with Crippen LogP contribution in [0.2, 0.25) is 0 Å². The van der Waals surface area contributed by atoms with Gasteiger partial charge < -0.3 is 9.84 Å². The van der Waals surface area contributed by atoms with Crippen molar-refractivity contribution >= 4 is 21.4 Å². The number of aliphatic hydroxyl groups excluding tert-OH is 1. The number of rotatable bonds is 3. The highest BCUT2D eigenvalue weighted by molar-refractivity contribution is 7.17. The molecule has 0 radical (unpaired) electrons. The van der Waals surface area contributed by atoms with Crippen LogP contribution < -0.4 is 0 Å². The zero-order valence-corrected chi connectivity index (χ0v) is 11.9. The van der Waals surface area contributed by atoms with Crippen LogP contribution in [0.25, 0.3) is 10.1 Å². The second-order valence-corrected chi connectivity index (χ2v) is 6.08. The molecule has 2 atom stereocenters. The smallest absolute Gasteiger partial charge is 0.0933 e. The average Bonchev–Trinajstić information content (AvgIpc) is 2.85. The number of nitrogens with zero attached hydrogens (tertiary/aromatic N) is 1. The minimum Gasteiger partial charge on any atom is -0.394 e. The number of benzene rings is 1. The SMILES string of the molecule is CC1COC(CO)CN1Cc1csc2ccccc12. The van der Waals surface area contributed by atoms with E-state index in [4.69, 9.17) is 4.74 Å². The lowest BCUT2D eigenvalue weighted by Gasteiger charge is -2.37. The van der Waals surface area contributed by atoms with Gasteiger partial charge in [0, 0.05) is 23.8 Å². The summed E-state index contributed by atoms with van der Waals surface area (Å²) in [6, 6.07) is 8.94. The predicted molar refractivity (Wildman–Crippen MR) is 78.5 cm³/mol. The fourth-order valence-electron chi connectivity index (χ4n) is 2.58. The molecule has 19 heavy (non-hydrogen) atoms. The van der Waals surface area contributed by atoms with E-state index in [1.807, 2.05) is 0 Å². The number of hydrogen-bond acceptors (Lipinski definition) is 4. The number of thiophene rings is 1. The molecule has 102 valence electrons. The van der Waals surface area contributed by atoms with Crippen molar-refractivity contribution in [2.45, 2.75) is 25.6 Å². The molecule has 0 amide bonds. The molecule has 3 nitrogen and oxygen atoms in total. The predicted octanol–water partition coefficient (Wildman–Crippen LogP) is 2.48. The first-order valence-electron chi connectivity index (χ1n) is 6.69. The van der Waals surface area contributed by atoms with Gasteiger partial charge in [-0.25, -0.2) is 0 Å². The third kappa shape index (κ3) is 2.67. The highest BCUT2D eigenvalue weighted by atomic mass is 32.1. The van der Waals surface area contributed by atoms with E-state index >= 15 is 0 Å². The average molecular weight is 277 g/mol. The first-order valence-corrected chi connectivity index (χ1v) is 7.57. The number of aliphatic hydroxyl groups is 1. The fourth-order valence-corrected chi connectivity index (χ4v) is 3.53. The maximum Gasteiger partial charge on any atom is 0.0933 e. The Bertz CT molecular complexity index is 554. The quantitative estimate of drug-likeness (QED) is 0.935. The fraction of sp³-hybridized carbons (Fsp3) is 0.467. The van der Waals surface area contributed by atoms with E-state index in [-0.39, 0.29) is 12.7 Å². The summed E-state index contributed by atoms with van der Waals surface area (Å²) in [7, 11) is 0. The molecule has 1 N–H and O–H groups in total. The van der Waals surface area contributed by atoms with Gasteiger partial charge in [0.05, 0.1) is 19.3 Å². The Kier molecular flexibility index (Phi) is 3.84. The molecule has 1 fully saturated rings. The summed E-state index contributed by atoms with van der Waals surface area (Å²) in [4.78, 5) is 2.40. The van der Waals surface area contributed by atoms with Crippen LogP contribution in [0.15, 0.2) is 29.6 Å². The molecule has 3 rings (SSSR count). The molecule has 1 aliphatic rings. The topological polar surface area (TPSA) is 32.7 Å². The van der Waals surface area contributed by atoms with Crippen molar-refractivity contribution in [3.8, 4) is 0 Å². The molecule has 0 saturated carbocycles. The van der Waals surface area contributed by atoms with Gasteiger partial charge in [0.1, 0.15) is 0 Å². The summed E-state index contributed by atoms with van der Waals surface area (Å²) in [5, 5.41) is 12.8. The summed E-state index contributed by atoms with van der Waals surface area (Å²) in [5.41, 5.74) is 1.38. The van der Waals surface area contributed by atoms with Gasteiger partial charge in [-0.1, -0.05) is 18.2 Å². The normalized spacial score (nSPS) is 24.9. The third-order valence-electron chi connectivity index (χ3n) is 3.77. The Balaban J connectivity index is 1.80. The highest BCUT2D eigenvalue weighted by Crippen LogP contribution is 2.27. The zero-order chi connectivity index (χ0) is 13.2. The van der Waals surface area contributed by atoms with E-state index in [9.17, 15) is 5.11 Å². The Hall–Kier alpha value is -0.940. The summed E-state index contributed by atoms with van der Waals surface area (Å²) < 4.78 is 6.93. The molecule has 2 heterocycles. The van der Waals surface area contributed by atoms with Crippen LogP contribution in [0.4, 0.5) is 0 Å². The Morgan fingerprint density at radius 2 is 2.26 bits per heavy atom. The third-order valence-corrected chi connectivity index (χ3v) is 4.79. The summed E-state index contributed by atoms with van der Waals surface area (Å²) in [5.74, 6) is 0. The first kappa shape index (κ1) is 13.1. The molecule has 1 aromatic heterocycles. The van der Waals surface area contributed by atoms with E-state index in [1.165, 1.54) is 15.6 Å². The van der Waals surface area contributed by atoms with Crippen molar-refractivity contribution in [2.75, 3.05) is 19.8 Å². The zero-order valence-electron chi connectivity index (χ0n) is 11.1. The monoisotopic (exact) mass is 277 g/mol. The molecule has 1 aromatic carbocycles. The van der Waals surface area contributed by atoms with Gasteiger partial charge in [0.2, 0.25) is 0 Å². The van der Waals surface area contributed by atoms with Gasteiger partial charge in [-0.15, -0.1) is 11.3 Å². The lowest BCUT2D eigenvalue weighted by atomic mass is 10.1. The van der Waals surface area contributed by atoms with Gasteiger partial charge in [-0.05, 0) is 29.3 Å². The van der Waals surface area contributed by atoms with E-state index < -0.39 is 0 Å². The molecule has 0 aliphatic carbocycles. The van der Waals surface area contributed by atoms with Crippen molar-refractivity contribution in [2.24, 2.45) is 0 Å². The van der Waals surface area contributed by atoms with E-state index in [0.29, 0.717) is 12.6 Å².